The van der Waals surface area contributed by atoms with Crippen LogP contribution in [0.1, 0.15) is 31.9 Å². The Hall–Kier alpha value is -0.610. The summed E-state index contributed by atoms with van der Waals surface area (Å²) in [5.41, 5.74) is 7.38. The Balaban J connectivity index is 2.25. The van der Waals surface area contributed by atoms with Crippen LogP contribution in [0.5, 0.6) is 0 Å². The predicted molar refractivity (Wildman–Crippen MR) is 79.4 cm³/mol. The normalized spacial score (nSPS) is 26.6. The minimum atomic E-state index is 0.0382. The minimum absolute atomic E-state index is 0.0382. The predicted octanol–water partition coefficient (Wildman–Crippen LogP) is 2.84. The van der Waals surface area contributed by atoms with Crippen LogP contribution >= 0.6 is 11.6 Å². The number of hydrogen-bond acceptors (Lipinski definition) is 3. The average molecular weight is 283 g/mol. The number of halogens is 1. The largest absolute Gasteiger partial charge is 0.377 e. The van der Waals surface area contributed by atoms with Crippen molar-refractivity contribution in [3.63, 3.8) is 0 Å². The van der Waals surface area contributed by atoms with Crippen molar-refractivity contribution < 1.29 is 4.74 Å². The van der Waals surface area contributed by atoms with E-state index in [0.29, 0.717) is 6.04 Å². The van der Waals surface area contributed by atoms with Gasteiger partial charge in [0.25, 0.3) is 0 Å². The molecule has 4 heteroatoms. The Morgan fingerprint density at radius 1 is 1.47 bits per heavy atom. The van der Waals surface area contributed by atoms with Gasteiger partial charge in [0.05, 0.1) is 6.10 Å². The van der Waals surface area contributed by atoms with E-state index in [1.807, 2.05) is 25.1 Å². The van der Waals surface area contributed by atoms with E-state index in [0.717, 1.165) is 18.1 Å². The highest BCUT2D eigenvalue weighted by molar-refractivity contribution is 6.30. The third-order valence-electron chi connectivity index (χ3n) is 3.99. The SMILES string of the molecule is CC(N)C(c1cccc(Cl)c1)N(C)C1CCOC1C. The number of rotatable bonds is 4. The molecule has 0 saturated carbocycles. The van der Waals surface area contributed by atoms with Crippen molar-refractivity contribution in [2.75, 3.05) is 13.7 Å². The van der Waals surface area contributed by atoms with E-state index in [2.05, 4.69) is 24.9 Å². The van der Waals surface area contributed by atoms with Gasteiger partial charge >= 0.3 is 0 Å². The summed E-state index contributed by atoms with van der Waals surface area (Å²) < 4.78 is 5.67. The molecule has 0 spiro atoms. The monoisotopic (exact) mass is 282 g/mol. The molecule has 1 fully saturated rings. The van der Waals surface area contributed by atoms with Crippen molar-refractivity contribution in [3.05, 3.63) is 34.9 Å². The maximum Gasteiger partial charge on any atom is 0.0703 e. The van der Waals surface area contributed by atoms with Crippen molar-refractivity contribution in [3.8, 4) is 0 Å². The molecule has 0 radical (unpaired) electrons. The first-order valence-corrected chi connectivity index (χ1v) is 7.23. The van der Waals surface area contributed by atoms with Crippen molar-refractivity contribution in [1.82, 2.24) is 4.90 Å². The molecular formula is C15H23ClN2O. The number of nitrogens with zero attached hydrogens (tertiary/aromatic N) is 1. The first kappa shape index (κ1) is 14.8. The summed E-state index contributed by atoms with van der Waals surface area (Å²) in [6, 6.07) is 8.59. The zero-order valence-corrected chi connectivity index (χ0v) is 12.6. The first-order chi connectivity index (χ1) is 9.00. The number of benzene rings is 1. The standard InChI is InChI=1S/C15H23ClN2O/c1-10(17)15(12-5-4-6-13(16)9-12)18(3)14-7-8-19-11(14)2/h4-6,9-11,14-15H,7-8,17H2,1-3H3. The number of nitrogens with two attached hydrogens (primary N) is 1. The summed E-state index contributed by atoms with van der Waals surface area (Å²) in [5.74, 6) is 0. The average Bonchev–Trinajstić information content (AvgIpc) is 2.75. The molecule has 1 aromatic rings. The molecule has 0 amide bonds. The van der Waals surface area contributed by atoms with E-state index in [-0.39, 0.29) is 18.2 Å². The van der Waals surface area contributed by atoms with Gasteiger partial charge in [0.15, 0.2) is 0 Å². The summed E-state index contributed by atoms with van der Waals surface area (Å²) in [4.78, 5) is 2.34. The van der Waals surface area contributed by atoms with E-state index >= 15 is 0 Å². The fourth-order valence-electron chi connectivity index (χ4n) is 3.06. The van der Waals surface area contributed by atoms with Crippen LogP contribution in [-0.4, -0.2) is 36.7 Å². The summed E-state index contributed by atoms with van der Waals surface area (Å²) >= 11 is 6.10. The molecule has 1 aliphatic rings. The van der Waals surface area contributed by atoms with Gasteiger partial charge in [0.2, 0.25) is 0 Å². The van der Waals surface area contributed by atoms with Gasteiger partial charge in [0, 0.05) is 29.8 Å². The first-order valence-electron chi connectivity index (χ1n) is 6.85. The molecule has 0 aliphatic carbocycles. The lowest BCUT2D eigenvalue weighted by Gasteiger charge is -2.37. The van der Waals surface area contributed by atoms with Gasteiger partial charge in [-0.1, -0.05) is 23.7 Å². The van der Waals surface area contributed by atoms with Crippen molar-refractivity contribution in [1.29, 1.82) is 0 Å². The third kappa shape index (κ3) is 3.29. The molecule has 1 aliphatic heterocycles. The zero-order chi connectivity index (χ0) is 14.0. The number of ether oxygens (including phenoxy) is 1. The molecule has 0 aromatic heterocycles. The Labute approximate surface area is 120 Å². The maximum atomic E-state index is 6.21. The summed E-state index contributed by atoms with van der Waals surface area (Å²) in [6.07, 6.45) is 1.31. The van der Waals surface area contributed by atoms with Crippen LogP contribution in [0.25, 0.3) is 0 Å². The lowest BCUT2D eigenvalue weighted by molar-refractivity contribution is 0.0626. The Bertz CT molecular complexity index is 424. The number of hydrogen-bond donors (Lipinski definition) is 1. The third-order valence-corrected chi connectivity index (χ3v) is 4.22. The van der Waals surface area contributed by atoms with Crippen molar-refractivity contribution in [2.45, 2.75) is 44.5 Å². The molecule has 3 nitrogen and oxygen atoms in total. The van der Waals surface area contributed by atoms with Gasteiger partial charge < -0.3 is 10.5 Å². The zero-order valence-electron chi connectivity index (χ0n) is 11.8. The highest BCUT2D eigenvalue weighted by atomic mass is 35.5. The highest BCUT2D eigenvalue weighted by Crippen LogP contribution is 2.30. The van der Waals surface area contributed by atoms with Gasteiger partial charge in [-0.25, -0.2) is 0 Å². The van der Waals surface area contributed by atoms with Gasteiger partial charge in [-0.05, 0) is 45.0 Å². The molecule has 1 heterocycles. The van der Waals surface area contributed by atoms with Crippen LogP contribution < -0.4 is 5.73 Å². The molecular weight excluding hydrogens is 260 g/mol. The second-order valence-electron chi connectivity index (χ2n) is 5.46. The topological polar surface area (TPSA) is 38.5 Å². The molecule has 19 heavy (non-hydrogen) atoms. The molecule has 2 N–H and O–H groups in total. The summed E-state index contributed by atoms with van der Waals surface area (Å²) in [7, 11) is 2.13. The summed E-state index contributed by atoms with van der Waals surface area (Å²) in [6.45, 7) is 5.00. The molecule has 2 rings (SSSR count). The smallest absolute Gasteiger partial charge is 0.0703 e. The second kappa shape index (κ2) is 6.23. The fourth-order valence-corrected chi connectivity index (χ4v) is 3.26. The van der Waals surface area contributed by atoms with Gasteiger partial charge in [-0.15, -0.1) is 0 Å². The van der Waals surface area contributed by atoms with E-state index in [1.165, 1.54) is 5.56 Å². The second-order valence-corrected chi connectivity index (χ2v) is 5.89. The summed E-state index contributed by atoms with van der Waals surface area (Å²) in [5, 5.41) is 0.757. The fraction of sp³-hybridized carbons (Fsp3) is 0.600. The van der Waals surface area contributed by atoms with Gasteiger partial charge in [-0.3, -0.25) is 4.90 Å². The highest BCUT2D eigenvalue weighted by Gasteiger charge is 2.33. The van der Waals surface area contributed by atoms with Crippen LogP contribution in [0.2, 0.25) is 5.02 Å². The minimum Gasteiger partial charge on any atom is -0.377 e. The Morgan fingerprint density at radius 2 is 2.21 bits per heavy atom. The van der Waals surface area contributed by atoms with Crippen LogP contribution in [0, 0.1) is 0 Å². The van der Waals surface area contributed by atoms with E-state index in [9.17, 15) is 0 Å². The molecule has 4 unspecified atom stereocenters. The quantitative estimate of drug-likeness (QED) is 0.923. The van der Waals surface area contributed by atoms with Gasteiger partial charge in [0.1, 0.15) is 0 Å². The number of likely N-dealkylation sites (N-methyl/N-ethyl adjacent to an activating group) is 1. The van der Waals surface area contributed by atoms with E-state index in [1.54, 1.807) is 0 Å². The van der Waals surface area contributed by atoms with Crippen LogP contribution in [0.3, 0.4) is 0 Å². The van der Waals surface area contributed by atoms with E-state index < -0.39 is 0 Å². The van der Waals surface area contributed by atoms with Gasteiger partial charge in [-0.2, -0.15) is 0 Å². The van der Waals surface area contributed by atoms with Crippen molar-refractivity contribution >= 4 is 11.6 Å². The van der Waals surface area contributed by atoms with Crippen LogP contribution in [0.4, 0.5) is 0 Å². The molecule has 4 atom stereocenters. The Morgan fingerprint density at radius 3 is 2.74 bits per heavy atom. The van der Waals surface area contributed by atoms with E-state index in [4.69, 9.17) is 22.1 Å². The maximum absolute atomic E-state index is 6.21. The molecule has 1 saturated heterocycles. The van der Waals surface area contributed by atoms with Crippen molar-refractivity contribution in [2.24, 2.45) is 5.73 Å². The lowest BCUT2D eigenvalue weighted by atomic mass is 9.96. The molecule has 0 bridgehead atoms. The lowest BCUT2D eigenvalue weighted by Crippen LogP contribution is -2.45. The Kier molecular flexibility index (Phi) is 4.85. The molecule has 1 aromatic carbocycles. The van der Waals surface area contributed by atoms with Crippen LogP contribution in [0.15, 0.2) is 24.3 Å². The van der Waals surface area contributed by atoms with Crippen LogP contribution in [-0.2, 0) is 4.74 Å². The molecule has 106 valence electrons.